The highest BCUT2D eigenvalue weighted by Gasteiger charge is 2.36. The Morgan fingerprint density at radius 2 is 1.61 bits per heavy atom. The average Bonchev–Trinajstić information content (AvgIpc) is 3.08. The van der Waals surface area contributed by atoms with Crippen molar-refractivity contribution in [2.45, 2.75) is 11.4 Å². The van der Waals surface area contributed by atoms with E-state index in [0.717, 1.165) is 15.4 Å². The van der Waals surface area contributed by atoms with Crippen molar-refractivity contribution >= 4 is 41.1 Å². The molecular formula is C25H20N2O5S. The maximum Gasteiger partial charge on any atom is 0.338 e. The number of benzene rings is 3. The third kappa shape index (κ3) is 4.96. The number of imide groups is 1. The molecule has 166 valence electrons. The van der Waals surface area contributed by atoms with Crippen LogP contribution in [0.25, 0.3) is 0 Å². The van der Waals surface area contributed by atoms with E-state index in [1.165, 1.54) is 18.2 Å². The molecule has 1 aliphatic heterocycles. The van der Waals surface area contributed by atoms with Gasteiger partial charge in [0.25, 0.3) is 17.7 Å². The van der Waals surface area contributed by atoms with Gasteiger partial charge in [-0.15, -0.1) is 11.8 Å². The molecule has 3 amide bonds. The number of ether oxygens (including phenoxy) is 1. The van der Waals surface area contributed by atoms with Crippen molar-refractivity contribution in [1.82, 2.24) is 4.90 Å². The first-order valence-corrected chi connectivity index (χ1v) is 11.3. The molecule has 0 bridgehead atoms. The second-order valence-electron chi connectivity index (χ2n) is 7.30. The van der Waals surface area contributed by atoms with E-state index < -0.39 is 30.3 Å². The van der Waals surface area contributed by atoms with Gasteiger partial charge in [-0.1, -0.05) is 30.3 Å². The summed E-state index contributed by atoms with van der Waals surface area (Å²) in [5, 5.41) is 2.65. The SMILES string of the molecule is CSc1ccc(NC(=O)COC(=O)c2ccc3c(c2)C(=O)N(Cc2ccccc2)C3=O)cc1. The fourth-order valence-electron chi connectivity index (χ4n) is 3.41. The Kier molecular flexibility index (Phi) is 6.55. The van der Waals surface area contributed by atoms with Gasteiger partial charge < -0.3 is 10.1 Å². The number of rotatable bonds is 7. The van der Waals surface area contributed by atoms with Gasteiger partial charge in [-0.25, -0.2) is 4.79 Å². The van der Waals surface area contributed by atoms with Crippen LogP contribution in [-0.4, -0.2) is 41.5 Å². The van der Waals surface area contributed by atoms with Gasteiger partial charge in [0.15, 0.2) is 6.61 Å². The molecule has 3 aromatic carbocycles. The van der Waals surface area contributed by atoms with E-state index in [1.54, 1.807) is 23.9 Å². The molecule has 8 heteroatoms. The van der Waals surface area contributed by atoms with Crippen LogP contribution in [0.4, 0.5) is 5.69 Å². The molecule has 0 unspecified atom stereocenters. The summed E-state index contributed by atoms with van der Waals surface area (Å²) in [6.07, 6.45) is 1.95. The molecule has 33 heavy (non-hydrogen) atoms. The molecule has 0 radical (unpaired) electrons. The molecule has 0 fully saturated rings. The van der Waals surface area contributed by atoms with Gasteiger partial charge in [0, 0.05) is 10.6 Å². The molecule has 0 saturated carbocycles. The highest BCUT2D eigenvalue weighted by atomic mass is 32.2. The zero-order chi connectivity index (χ0) is 23.4. The molecule has 4 rings (SSSR count). The van der Waals surface area contributed by atoms with Crippen LogP contribution in [-0.2, 0) is 16.1 Å². The summed E-state index contributed by atoms with van der Waals surface area (Å²) in [5.74, 6) is -2.13. The molecule has 0 saturated heterocycles. The Balaban J connectivity index is 1.38. The minimum atomic E-state index is -0.757. The van der Waals surface area contributed by atoms with Crippen LogP contribution in [0, 0.1) is 0 Å². The zero-order valence-electron chi connectivity index (χ0n) is 17.7. The number of esters is 1. The summed E-state index contributed by atoms with van der Waals surface area (Å²) in [4.78, 5) is 52.2. The first-order chi connectivity index (χ1) is 16.0. The lowest BCUT2D eigenvalue weighted by atomic mass is 10.1. The van der Waals surface area contributed by atoms with Crippen LogP contribution in [0.5, 0.6) is 0 Å². The largest absolute Gasteiger partial charge is 0.452 e. The van der Waals surface area contributed by atoms with E-state index in [0.29, 0.717) is 5.69 Å². The molecule has 0 aliphatic carbocycles. The number of fused-ring (bicyclic) bond motifs is 1. The number of amides is 3. The minimum Gasteiger partial charge on any atom is -0.452 e. The van der Waals surface area contributed by atoms with Crippen molar-refractivity contribution in [3.05, 3.63) is 95.1 Å². The highest BCUT2D eigenvalue weighted by molar-refractivity contribution is 7.98. The number of nitrogens with zero attached hydrogens (tertiary/aromatic N) is 1. The first-order valence-electron chi connectivity index (χ1n) is 10.1. The van der Waals surface area contributed by atoms with Gasteiger partial charge in [0.1, 0.15) is 0 Å². The lowest BCUT2D eigenvalue weighted by Crippen LogP contribution is -2.29. The quantitative estimate of drug-likeness (QED) is 0.326. The van der Waals surface area contributed by atoms with E-state index in [2.05, 4.69) is 5.32 Å². The molecule has 7 nitrogen and oxygen atoms in total. The molecular weight excluding hydrogens is 440 g/mol. The fraction of sp³-hybridized carbons (Fsp3) is 0.120. The maximum atomic E-state index is 12.8. The predicted octanol–water partition coefficient (Wildman–Crippen LogP) is 4.00. The van der Waals surface area contributed by atoms with E-state index >= 15 is 0 Å². The number of carbonyl (C=O) groups excluding carboxylic acids is 4. The molecule has 0 spiro atoms. The number of nitrogens with one attached hydrogen (secondary N) is 1. The molecule has 1 heterocycles. The van der Waals surface area contributed by atoms with E-state index in [-0.39, 0.29) is 23.2 Å². The van der Waals surface area contributed by atoms with E-state index in [4.69, 9.17) is 4.74 Å². The predicted molar refractivity (Wildman–Crippen MR) is 124 cm³/mol. The third-order valence-electron chi connectivity index (χ3n) is 5.10. The smallest absolute Gasteiger partial charge is 0.338 e. The lowest BCUT2D eigenvalue weighted by molar-refractivity contribution is -0.119. The van der Waals surface area contributed by atoms with E-state index in [9.17, 15) is 19.2 Å². The topological polar surface area (TPSA) is 92.8 Å². The van der Waals surface area contributed by atoms with Crippen molar-refractivity contribution in [2.75, 3.05) is 18.2 Å². The van der Waals surface area contributed by atoms with Crippen molar-refractivity contribution in [3.8, 4) is 0 Å². The monoisotopic (exact) mass is 460 g/mol. The van der Waals surface area contributed by atoms with Gasteiger partial charge in [-0.3, -0.25) is 19.3 Å². The molecule has 1 N–H and O–H groups in total. The van der Waals surface area contributed by atoms with Crippen molar-refractivity contribution in [2.24, 2.45) is 0 Å². The normalized spacial score (nSPS) is 12.5. The second kappa shape index (κ2) is 9.70. The lowest BCUT2D eigenvalue weighted by Gasteiger charge is -2.13. The molecule has 1 aliphatic rings. The zero-order valence-corrected chi connectivity index (χ0v) is 18.6. The Hall–Kier alpha value is -3.91. The highest BCUT2D eigenvalue weighted by Crippen LogP contribution is 2.26. The number of carbonyl (C=O) groups is 4. The fourth-order valence-corrected chi connectivity index (χ4v) is 3.82. The summed E-state index contributed by atoms with van der Waals surface area (Å²) < 4.78 is 5.09. The number of hydrogen-bond acceptors (Lipinski definition) is 6. The minimum absolute atomic E-state index is 0.0913. The summed E-state index contributed by atoms with van der Waals surface area (Å²) >= 11 is 1.59. The molecule has 3 aromatic rings. The van der Waals surface area contributed by atoms with Crippen LogP contribution in [0.15, 0.2) is 77.7 Å². The Morgan fingerprint density at radius 3 is 2.30 bits per heavy atom. The third-order valence-corrected chi connectivity index (χ3v) is 5.84. The van der Waals surface area contributed by atoms with Crippen LogP contribution in [0.2, 0.25) is 0 Å². The van der Waals surface area contributed by atoms with Gasteiger partial charge in [-0.2, -0.15) is 0 Å². The van der Waals surface area contributed by atoms with Crippen LogP contribution in [0.1, 0.15) is 36.6 Å². The van der Waals surface area contributed by atoms with Gasteiger partial charge >= 0.3 is 5.97 Å². The molecule has 0 atom stereocenters. The van der Waals surface area contributed by atoms with E-state index in [1.807, 2.05) is 48.7 Å². The maximum absolute atomic E-state index is 12.8. The van der Waals surface area contributed by atoms with Crippen LogP contribution < -0.4 is 5.32 Å². The number of thioether (sulfide) groups is 1. The van der Waals surface area contributed by atoms with Crippen molar-refractivity contribution in [3.63, 3.8) is 0 Å². The summed E-state index contributed by atoms with van der Waals surface area (Å²) in [6, 6.07) is 20.6. The summed E-state index contributed by atoms with van der Waals surface area (Å²) in [7, 11) is 0. The number of anilines is 1. The van der Waals surface area contributed by atoms with Gasteiger partial charge in [0.2, 0.25) is 0 Å². The Bertz CT molecular complexity index is 1230. The Labute approximate surface area is 194 Å². The van der Waals surface area contributed by atoms with Gasteiger partial charge in [0.05, 0.1) is 23.2 Å². The summed E-state index contributed by atoms with van der Waals surface area (Å²) in [6.45, 7) is -0.335. The molecule has 0 aromatic heterocycles. The summed E-state index contributed by atoms with van der Waals surface area (Å²) in [5.41, 5.74) is 1.88. The van der Waals surface area contributed by atoms with Gasteiger partial charge in [-0.05, 0) is 54.3 Å². The van der Waals surface area contributed by atoms with Crippen molar-refractivity contribution < 1.29 is 23.9 Å². The average molecular weight is 461 g/mol. The Morgan fingerprint density at radius 1 is 0.909 bits per heavy atom. The number of hydrogen-bond donors (Lipinski definition) is 1. The first kappa shape index (κ1) is 22.3. The van der Waals surface area contributed by atoms with Crippen molar-refractivity contribution in [1.29, 1.82) is 0 Å². The standard InChI is InChI=1S/C25H20N2O5S/c1-33-19-10-8-18(9-11-19)26-22(28)15-32-25(31)17-7-12-20-21(13-17)24(30)27(23(20)29)14-16-5-3-2-4-6-16/h2-13H,14-15H2,1H3,(H,26,28). The second-order valence-corrected chi connectivity index (χ2v) is 8.17. The van der Waals surface area contributed by atoms with Crippen LogP contribution in [0.3, 0.4) is 0 Å². The van der Waals surface area contributed by atoms with Crippen LogP contribution >= 0.6 is 11.8 Å².